The van der Waals surface area contributed by atoms with Crippen molar-refractivity contribution in [2.45, 2.75) is 13.3 Å². The van der Waals surface area contributed by atoms with Crippen LogP contribution in [0, 0.1) is 11.8 Å². The fourth-order valence-corrected chi connectivity index (χ4v) is 2.29. The molecule has 1 N–H and O–H groups in total. The van der Waals surface area contributed by atoms with E-state index in [2.05, 4.69) is 0 Å². The molecule has 1 saturated heterocycles. The first-order valence-electron chi connectivity index (χ1n) is 7.25. The molecule has 0 radical (unpaired) electrons. The van der Waals surface area contributed by atoms with Gasteiger partial charge in [0.15, 0.2) is 0 Å². The van der Waals surface area contributed by atoms with Gasteiger partial charge in [0.2, 0.25) is 0 Å². The highest BCUT2D eigenvalue weighted by Crippen LogP contribution is 2.25. The van der Waals surface area contributed by atoms with Crippen LogP contribution in [0.5, 0.6) is 0 Å². The predicted octanol–water partition coefficient (Wildman–Crippen LogP) is 0.744. The standard InChI is InChI=1S/C14H26N2O5/c1-11(13(17)18)12-9-16(10-12)14(19)15(6-8-21-3)5-4-7-20-2/h11-12H,4-10H2,1-3H3,(H,17,18). The number of amides is 2. The molecule has 1 unspecified atom stereocenters. The Morgan fingerprint density at radius 1 is 1.24 bits per heavy atom. The number of carboxylic acids is 1. The SMILES string of the molecule is COCCCN(CCOC)C(=O)N1CC(C(C)C(=O)O)C1. The van der Waals surface area contributed by atoms with Gasteiger partial charge in [-0.1, -0.05) is 6.92 Å². The molecule has 7 nitrogen and oxygen atoms in total. The summed E-state index contributed by atoms with van der Waals surface area (Å²) < 4.78 is 10.0. The number of likely N-dealkylation sites (tertiary alicyclic amines) is 1. The van der Waals surface area contributed by atoms with Crippen LogP contribution in [-0.4, -0.2) is 80.5 Å². The summed E-state index contributed by atoms with van der Waals surface area (Å²) in [5.74, 6) is -1.16. The maximum Gasteiger partial charge on any atom is 0.320 e. The van der Waals surface area contributed by atoms with Gasteiger partial charge in [0.25, 0.3) is 0 Å². The summed E-state index contributed by atoms with van der Waals surface area (Å²) in [5.41, 5.74) is 0. The van der Waals surface area contributed by atoms with E-state index in [1.807, 2.05) is 0 Å². The van der Waals surface area contributed by atoms with E-state index in [9.17, 15) is 9.59 Å². The number of methoxy groups -OCH3 is 2. The quantitative estimate of drug-likeness (QED) is 0.636. The highest BCUT2D eigenvalue weighted by molar-refractivity contribution is 5.76. The summed E-state index contributed by atoms with van der Waals surface area (Å²) in [7, 11) is 3.24. The lowest BCUT2D eigenvalue weighted by Crippen LogP contribution is -2.57. The molecular weight excluding hydrogens is 276 g/mol. The fraction of sp³-hybridized carbons (Fsp3) is 0.857. The molecule has 1 heterocycles. The number of urea groups is 1. The third-order valence-corrected chi connectivity index (χ3v) is 3.89. The van der Waals surface area contributed by atoms with E-state index in [1.54, 1.807) is 30.9 Å². The number of carboxylic acid groups (broad SMARTS) is 1. The Morgan fingerprint density at radius 2 is 1.86 bits per heavy atom. The monoisotopic (exact) mass is 302 g/mol. The molecule has 122 valence electrons. The molecule has 1 rings (SSSR count). The molecule has 0 aromatic rings. The van der Waals surface area contributed by atoms with E-state index in [0.717, 1.165) is 6.42 Å². The number of nitrogens with zero attached hydrogens (tertiary/aromatic N) is 2. The number of hydrogen-bond acceptors (Lipinski definition) is 4. The van der Waals surface area contributed by atoms with Crippen molar-refractivity contribution in [3.63, 3.8) is 0 Å². The Hall–Kier alpha value is -1.34. The molecule has 0 aromatic carbocycles. The lowest BCUT2D eigenvalue weighted by Gasteiger charge is -2.43. The average molecular weight is 302 g/mol. The minimum atomic E-state index is -0.802. The minimum absolute atomic E-state index is 0.0445. The third-order valence-electron chi connectivity index (χ3n) is 3.89. The number of ether oxygens (including phenoxy) is 2. The summed E-state index contributed by atoms with van der Waals surface area (Å²) >= 11 is 0. The van der Waals surface area contributed by atoms with Gasteiger partial charge in [-0.2, -0.15) is 0 Å². The summed E-state index contributed by atoms with van der Waals surface area (Å²) in [4.78, 5) is 26.7. The van der Waals surface area contributed by atoms with Crippen molar-refractivity contribution in [2.24, 2.45) is 11.8 Å². The molecule has 0 spiro atoms. The van der Waals surface area contributed by atoms with E-state index in [1.165, 1.54) is 0 Å². The van der Waals surface area contributed by atoms with Crippen LogP contribution in [-0.2, 0) is 14.3 Å². The lowest BCUT2D eigenvalue weighted by atomic mass is 9.87. The first kappa shape index (κ1) is 17.7. The first-order valence-corrected chi connectivity index (χ1v) is 7.25. The van der Waals surface area contributed by atoms with E-state index in [-0.39, 0.29) is 11.9 Å². The molecule has 1 aliphatic rings. The summed E-state index contributed by atoms with van der Waals surface area (Å²) in [5, 5.41) is 8.97. The zero-order chi connectivity index (χ0) is 15.8. The second kappa shape index (κ2) is 8.84. The van der Waals surface area contributed by atoms with Gasteiger partial charge in [0.1, 0.15) is 0 Å². The Balaban J connectivity index is 2.44. The molecule has 0 aliphatic carbocycles. The smallest absolute Gasteiger partial charge is 0.320 e. The highest BCUT2D eigenvalue weighted by atomic mass is 16.5. The van der Waals surface area contributed by atoms with Crippen molar-refractivity contribution in [3.05, 3.63) is 0 Å². The van der Waals surface area contributed by atoms with E-state index < -0.39 is 11.9 Å². The van der Waals surface area contributed by atoms with Crippen molar-refractivity contribution in [1.29, 1.82) is 0 Å². The molecule has 2 amide bonds. The first-order chi connectivity index (χ1) is 10.0. The second-order valence-electron chi connectivity index (χ2n) is 5.40. The van der Waals surface area contributed by atoms with Gasteiger partial charge in [-0.3, -0.25) is 4.79 Å². The highest BCUT2D eigenvalue weighted by Gasteiger charge is 2.38. The van der Waals surface area contributed by atoms with E-state index >= 15 is 0 Å². The van der Waals surface area contributed by atoms with Crippen molar-refractivity contribution >= 4 is 12.0 Å². The predicted molar refractivity (Wildman–Crippen MR) is 77.2 cm³/mol. The Kier molecular flexibility index (Phi) is 7.45. The molecule has 1 atom stereocenters. The van der Waals surface area contributed by atoms with Crippen LogP contribution >= 0.6 is 0 Å². The maximum absolute atomic E-state index is 12.4. The molecular formula is C14H26N2O5. The van der Waals surface area contributed by atoms with Crippen LogP contribution in [0.3, 0.4) is 0 Å². The molecule has 21 heavy (non-hydrogen) atoms. The molecule has 0 saturated carbocycles. The number of carbonyl (C=O) groups is 2. The van der Waals surface area contributed by atoms with E-state index in [4.69, 9.17) is 14.6 Å². The molecule has 7 heteroatoms. The van der Waals surface area contributed by atoms with Crippen LogP contribution in [0.25, 0.3) is 0 Å². The van der Waals surface area contributed by atoms with Gasteiger partial charge >= 0.3 is 12.0 Å². The molecule has 0 bridgehead atoms. The molecule has 1 aliphatic heterocycles. The summed E-state index contributed by atoms with van der Waals surface area (Å²) in [6, 6.07) is -0.0445. The Bertz CT molecular complexity index is 344. The second-order valence-corrected chi connectivity index (χ2v) is 5.40. The van der Waals surface area contributed by atoms with Gasteiger partial charge in [0, 0.05) is 52.9 Å². The van der Waals surface area contributed by atoms with Crippen molar-refractivity contribution in [1.82, 2.24) is 9.80 Å². The average Bonchev–Trinajstić information content (AvgIpc) is 2.40. The fourth-order valence-electron chi connectivity index (χ4n) is 2.29. The van der Waals surface area contributed by atoms with E-state index in [0.29, 0.717) is 39.4 Å². The maximum atomic E-state index is 12.4. The number of hydrogen-bond donors (Lipinski definition) is 1. The van der Waals surface area contributed by atoms with Crippen molar-refractivity contribution in [2.75, 3.05) is 53.6 Å². The summed E-state index contributed by atoms with van der Waals surface area (Å²) in [6.07, 6.45) is 0.773. The number of aliphatic carboxylic acids is 1. The number of rotatable bonds is 9. The topological polar surface area (TPSA) is 79.3 Å². The zero-order valence-electron chi connectivity index (χ0n) is 13.1. The van der Waals surface area contributed by atoms with Crippen LogP contribution in [0.2, 0.25) is 0 Å². The normalized spacial score (nSPS) is 16.4. The Labute approximate surface area is 125 Å². The molecule has 1 fully saturated rings. The summed E-state index contributed by atoms with van der Waals surface area (Å²) in [6.45, 7) is 4.97. The lowest BCUT2D eigenvalue weighted by molar-refractivity contribution is -0.144. The van der Waals surface area contributed by atoms with Gasteiger partial charge in [-0.15, -0.1) is 0 Å². The zero-order valence-corrected chi connectivity index (χ0v) is 13.1. The molecule has 0 aromatic heterocycles. The van der Waals surface area contributed by atoms with Crippen LogP contribution in [0.15, 0.2) is 0 Å². The largest absolute Gasteiger partial charge is 0.481 e. The Morgan fingerprint density at radius 3 is 2.38 bits per heavy atom. The minimum Gasteiger partial charge on any atom is -0.481 e. The van der Waals surface area contributed by atoms with Crippen LogP contribution in [0.1, 0.15) is 13.3 Å². The third kappa shape index (κ3) is 5.17. The van der Waals surface area contributed by atoms with Gasteiger partial charge in [0.05, 0.1) is 12.5 Å². The number of carbonyl (C=O) groups excluding carboxylic acids is 1. The van der Waals surface area contributed by atoms with Crippen molar-refractivity contribution in [3.8, 4) is 0 Å². The van der Waals surface area contributed by atoms with Gasteiger partial charge in [-0.05, 0) is 6.42 Å². The van der Waals surface area contributed by atoms with Gasteiger partial charge < -0.3 is 24.4 Å². The van der Waals surface area contributed by atoms with Crippen LogP contribution < -0.4 is 0 Å². The van der Waals surface area contributed by atoms with Gasteiger partial charge in [-0.25, -0.2) is 4.79 Å². The van der Waals surface area contributed by atoms with Crippen molar-refractivity contribution < 1.29 is 24.2 Å². The van der Waals surface area contributed by atoms with Crippen LogP contribution in [0.4, 0.5) is 4.79 Å².